The van der Waals surface area contributed by atoms with E-state index in [9.17, 15) is 9.59 Å². The summed E-state index contributed by atoms with van der Waals surface area (Å²) in [5.41, 5.74) is 1.85. The van der Waals surface area contributed by atoms with E-state index >= 15 is 0 Å². The molecule has 5 nitrogen and oxygen atoms in total. The summed E-state index contributed by atoms with van der Waals surface area (Å²) in [6.07, 6.45) is 9.85. The van der Waals surface area contributed by atoms with Crippen molar-refractivity contribution in [3.63, 3.8) is 0 Å². The molecule has 1 unspecified atom stereocenters. The largest absolute Gasteiger partial charge is 0.349 e. The second-order valence-electron chi connectivity index (χ2n) is 7.23. The Kier molecular flexibility index (Phi) is 6.58. The molecule has 0 radical (unpaired) electrons. The fourth-order valence-corrected chi connectivity index (χ4v) is 3.49. The summed E-state index contributed by atoms with van der Waals surface area (Å²) in [5, 5.41) is 6.05. The molecule has 1 atom stereocenters. The van der Waals surface area contributed by atoms with Gasteiger partial charge in [-0.1, -0.05) is 56.0 Å². The van der Waals surface area contributed by atoms with Crippen molar-refractivity contribution in [2.24, 2.45) is 0 Å². The molecule has 2 aromatic rings. The number of carbonyl (C=O) groups excluding carboxylic acids is 2. The number of rotatable bonds is 5. The Labute approximate surface area is 160 Å². The monoisotopic (exact) mass is 365 g/mol. The maximum absolute atomic E-state index is 12.6. The predicted molar refractivity (Wildman–Crippen MR) is 106 cm³/mol. The van der Waals surface area contributed by atoms with Crippen molar-refractivity contribution < 1.29 is 9.59 Å². The van der Waals surface area contributed by atoms with Crippen molar-refractivity contribution in [2.75, 3.05) is 0 Å². The summed E-state index contributed by atoms with van der Waals surface area (Å²) in [4.78, 5) is 29.2. The van der Waals surface area contributed by atoms with Crippen molar-refractivity contribution in [3.8, 4) is 0 Å². The molecular formula is C22H27N3O2. The van der Waals surface area contributed by atoms with Crippen LogP contribution in [0.2, 0.25) is 0 Å². The van der Waals surface area contributed by atoms with Gasteiger partial charge in [-0.15, -0.1) is 0 Å². The van der Waals surface area contributed by atoms with E-state index in [4.69, 9.17) is 0 Å². The van der Waals surface area contributed by atoms with Crippen molar-refractivity contribution in [1.29, 1.82) is 0 Å². The number of nitrogens with zero attached hydrogens (tertiary/aromatic N) is 1. The molecule has 0 bridgehead atoms. The summed E-state index contributed by atoms with van der Waals surface area (Å²) in [5.74, 6) is -0.386. The number of hydrogen-bond acceptors (Lipinski definition) is 3. The molecule has 142 valence electrons. The number of carbonyl (C=O) groups is 2. The lowest BCUT2D eigenvalue weighted by Gasteiger charge is -2.17. The Morgan fingerprint density at radius 1 is 0.963 bits per heavy atom. The van der Waals surface area contributed by atoms with E-state index in [1.807, 2.05) is 37.3 Å². The van der Waals surface area contributed by atoms with Crippen LogP contribution in [0.5, 0.6) is 0 Å². The van der Waals surface area contributed by atoms with Crippen molar-refractivity contribution >= 4 is 11.8 Å². The quantitative estimate of drug-likeness (QED) is 0.786. The van der Waals surface area contributed by atoms with Gasteiger partial charge in [0.2, 0.25) is 0 Å². The van der Waals surface area contributed by atoms with Crippen LogP contribution in [0, 0.1) is 0 Å². The van der Waals surface area contributed by atoms with Crippen LogP contribution < -0.4 is 10.6 Å². The molecule has 1 fully saturated rings. The van der Waals surface area contributed by atoms with E-state index in [2.05, 4.69) is 15.6 Å². The third-order valence-corrected chi connectivity index (χ3v) is 5.10. The van der Waals surface area contributed by atoms with Gasteiger partial charge in [0.15, 0.2) is 0 Å². The molecule has 2 N–H and O–H groups in total. The minimum atomic E-state index is -0.233. The Balaban J connectivity index is 1.63. The van der Waals surface area contributed by atoms with Crippen molar-refractivity contribution in [3.05, 3.63) is 65.5 Å². The first-order valence-electron chi connectivity index (χ1n) is 9.75. The third-order valence-electron chi connectivity index (χ3n) is 5.10. The smallest absolute Gasteiger partial charge is 0.253 e. The highest BCUT2D eigenvalue weighted by molar-refractivity contribution is 5.99. The fourth-order valence-electron chi connectivity index (χ4n) is 3.49. The van der Waals surface area contributed by atoms with Gasteiger partial charge in [0, 0.05) is 18.4 Å². The van der Waals surface area contributed by atoms with Crippen LogP contribution in [0.1, 0.15) is 77.8 Å². The SMILES string of the molecule is CC(NC(=O)c1cncc(C(=O)NC2CCCCCC2)c1)c1ccccc1. The van der Waals surface area contributed by atoms with Gasteiger partial charge in [-0.05, 0) is 31.4 Å². The molecule has 0 aliphatic heterocycles. The number of hydrogen-bond donors (Lipinski definition) is 2. The second kappa shape index (κ2) is 9.31. The maximum atomic E-state index is 12.6. The molecule has 2 amide bonds. The average molecular weight is 365 g/mol. The van der Waals surface area contributed by atoms with E-state index in [0.29, 0.717) is 11.1 Å². The van der Waals surface area contributed by atoms with E-state index < -0.39 is 0 Å². The number of benzene rings is 1. The minimum Gasteiger partial charge on any atom is -0.349 e. The molecule has 27 heavy (non-hydrogen) atoms. The van der Waals surface area contributed by atoms with Crippen LogP contribution in [-0.4, -0.2) is 22.8 Å². The zero-order valence-electron chi connectivity index (χ0n) is 15.8. The third kappa shape index (κ3) is 5.39. The second-order valence-corrected chi connectivity index (χ2v) is 7.23. The molecule has 5 heteroatoms. The lowest BCUT2D eigenvalue weighted by molar-refractivity contribution is 0.0933. The highest BCUT2D eigenvalue weighted by Crippen LogP contribution is 2.18. The summed E-state index contributed by atoms with van der Waals surface area (Å²) in [6, 6.07) is 11.5. The van der Waals surface area contributed by atoms with Crippen LogP contribution in [0.4, 0.5) is 0 Å². The Bertz CT molecular complexity index is 768. The highest BCUT2D eigenvalue weighted by atomic mass is 16.2. The minimum absolute atomic E-state index is 0.123. The molecule has 0 spiro atoms. The number of aromatic nitrogens is 1. The van der Waals surface area contributed by atoms with Crippen LogP contribution in [0.25, 0.3) is 0 Å². The topological polar surface area (TPSA) is 71.1 Å². The first-order valence-corrected chi connectivity index (χ1v) is 9.75. The van der Waals surface area contributed by atoms with Crippen LogP contribution >= 0.6 is 0 Å². The van der Waals surface area contributed by atoms with Crippen LogP contribution in [0.3, 0.4) is 0 Å². The molecule has 1 saturated carbocycles. The number of pyridine rings is 1. The molecular weight excluding hydrogens is 338 g/mol. The highest BCUT2D eigenvalue weighted by Gasteiger charge is 2.18. The Morgan fingerprint density at radius 3 is 2.26 bits per heavy atom. The van der Waals surface area contributed by atoms with E-state index in [1.165, 1.54) is 25.2 Å². The zero-order valence-corrected chi connectivity index (χ0v) is 15.8. The molecule has 1 heterocycles. The maximum Gasteiger partial charge on any atom is 0.253 e. The lowest BCUT2D eigenvalue weighted by atomic mass is 10.1. The van der Waals surface area contributed by atoms with Crippen LogP contribution in [0.15, 0.2) is 48.8 Å². The molecule has 3 rings (SSSR count). The molecule has 1 aliphatic rings. The standard InChI is InChI=1S/C22H27N3O2/c1-16(17-9-5-4-6-10-17)24-21(26)18-13-19(15-23-14-18)22(27)25-20-11-7-2-3-8-12-20/h4-6,9-10,13-16,20H,2-3,7-8,11-12H2,1H3,(H,24,26)(H,25,27). The van der Waals surface area contributed by atoms with E-state index in [1.54, 1.807) is 6.07 Å². The van der Waals surface area contributed by atoms with Crippen LogP contribution in [-0.2, 0) is 0 Å². The lowest BCUT2D eigenvalue weighted by Crippen LogP contribution is -2.34. The normalized spacial score (nSPS) is 16.2. The van der Waals surface area contributed by atoms with Gasteiger partial charge in [0.05, 0.1) is 17.2 Å². The Hall–Kier alpha value is -2.69. The molecule has 0 saturated heterocycles. The van der Waals surface area contributed by atoms with Crippen molar-refractivity contribution in [1.82, 2.24) is 15.6 Å². The zero-order chi connectivity index (χ0) is 19.1. The van der Waals surface area contributed by atoms with Gasteiger partial charge >= 0.3 is 0 Å². The number of amides is 2. The first-order chi connectivity index (χ1) is 13.1. The molecule has 1 aromatic heterocycles. The summed E-state index contributed by atoms with van der Waals surface area (Å²) < 4.78 is 0. The number of nitrogens with one attached hydrogen (secondary N) is 2. The van der Waals surface area contributed by atoms with Crippen molar-refractivity contribution in [2.45, 2.75) is 57.5 Å². The summed E-state index contributed by atoms with van der Waals surface area (Å²) in [6.45, 7) is 1.93. The first kappa shape index (κ1) is 19.1. The summed E-state index contributed by atoms with van der Waals surface area (Å²) in [7, 11) is 0. The fraction of sp³-hybridized carbons (Fsp3) is 0.409. The van der Waals surface area contributed by atoms with Gasteiger partial charge in [-0.2, -0.15) is 0 Å². The average Bonchev–Trinajstić information content (AvgIpc) is 2.97. The van der Waals surface area contributed by atoms with Gasteiger partial charge in [0.25, 0.3) is 11.8 Å². The summed E-state index contributed by atoms with van der Waals surface area (Å²) >= 11 is 0. The van der Waals surface area contributed by atoms with E-state index in [-0.39, 0.29) is 23.9 Å². The Morgan fingerprint density at radius 2 is 1.59 bits per heavy atom. The van der Waals surface area contributed by atoms with E-state index in [0.717, 1.165) is 31.2 Å². The van der Waals surface area contributed by atoms with Gasteiger partial charge < -0.3 is 10.6 Å². The molecule has 1 aromatic carbocycles. The van der Waals surface area contributed by atoms with Gasteiger partial charge in [0.1, 0.15) is 0 Å². The van der Waals surface area contributed by atoms with Gasteiger partial charge in [-0.25, -0.2) is 0 Å². The predicted octanol–water partition coefficient (Wildman–Crippen LogP) is 4.03. The molecule has 1 aliphatic carbocycles. The van der Waals surface area contributed by atoms with Gasteiger partial charge in [-0.3, -0.25) is 14.6 Å².